The van der Waals surface area contributed by atoms with Crippen LogP contribution in [0, 0.1) is 5.92 Å². The Bertz CT molecular complexity index is 919. The van der Waals surface area contributed by atoms with E-state index in [1.807, 2.05) is 23.1 Å². The van der Waals surface area contributed by atoms with Gasteiger partial charge in [-0.3, -0.25) is 9.59 Å². The molecule has 1 saturated heterocycles. The van der Waals surface area contributed by atoms with Gasteiger partial charge in [0.05, 0.1) is 25.1 Å². The summed E-state index contributed by atoms with van der Waals surface area (Å²) in [6.07, 6.45) is 13.1. The summed E-state index contributed by atoms with van der Waals surface area (Å²) in [4.78, 5) is 35.5. The molecule has 4 rings (SSSR count). The maximum absolute atomic E-state index is 13.7. The van der Waals surface area contributed by atoms with Crippen molar-refractivity contribution in [1.29, 1.82) is 0 Å². The first-order valence-corrected chi connectivity index (χ1v) is 13.3. The number of amides is 2. The summed E-state index contributed by atoms with van der Waals surface area (Å²) in [6, 6.07) is 9.75. The molecular formula is C28H40N4O3. The quantitative estimate of drug-likeness (QED) is 0.442. The summed E-state index contributed by atoms with van der Waals surface area (Å²) in [5, 5.41) is 3.09. The fraction of sp³-hybridized carbons (Fsp3) is 0.607. The van der Waals surface area contributed by atoms with Gasteiger partial charge in [-0.1, -0.05) is 75.8 Å². The predicted octanol–water partition coefficient (Wildman–Crippen LogP) is 4.35. The molecule has 2 aliphatic rings. The highest BCUT2D eigenvalue weighted by Gasteiger charge is 2.49. The Morgan fingerprint density at radius 1 is 1.20 bits per heavy atom. The molecule has 2 aromatic rings. The number of unbranched alkanes of at least 4 members (excludes halogenated alkanes) is 1. The number of hydrogen-bond donors (Lipinski definition) is 2. The second-order valence-electron chi connectivity index (χ2n) is 10.2. The van der Waals surface area contributed by atoms with Gasteiger partial charge in [-0.05, 0) is 30.7 Å². The van der Waals surface area contributed by atoms with E-state index in [1.165, 1.54) is 19.3 Å². The number of H-pyrrole nitrogens is 1. The number of likely N-dealkylation sites (tertiary alicyclic amines) is 1. The minimum atomic E-state index is -0.478. The number of benzene rings is 1. The first-order chi connectivity index (χ1) is 17.1. The molecule has 1 aliphatic heterocycles. The largest absolute Gasteiger partial charge is 0.367 e. The summed E-state index contributed by atoms with van der Waals surface area (Å²) in [6.45, 7) is 3.90. The fourth-order valence-electron chi connectivity index (χ4n) is 5.37. The first kappa shape index (κ1) is 25.4. The second-order valence-corrected chi connectivity index (χ2v) is 10.2. The average Bonchev–Trinajstić information content (AvgIpc) is 3.39. The monoisotopic (exact) mass is 480 g/mol. The highest BCUT2D eigenvalue weighted by atomic mass is 16.5. The van der Waals surface area contributed by atoms with Crippen molar-refractivity contribution < 1.29 is 14.3 Å². The minimum absolute atomic E-state index is 0.0225. The van der Waals surface area contributed by atoms with Crippen LogP contribution in [0.2, 0.25) is 0 Å². The number of aromatic nitrogens is 2. The summed E-state index contributed by atoms with van der Waals surface area (Å²) in [7, 11) is 0. The molecule has 190 valence electrons. The zero-order valence-electron chi connectivity index (χ0n) is 21.0. The summed E-state index contributed by atoms with van der Waals surface area (Å²) < 4.78 is 6.37. The Morgan fingerprint density at radius 3 is 2.66 bits per heavy atom. The van der Waals surface area contributed by atoms with Crippen LogP contribution in [0.4, 0.5) is 0 Å². The normalized spacial score (nSPS) is 18.6. The number of rotatable bonds is 12. The molecule has 35 heavy (non-hydrogen) atoms. The molecule has 2 amide bonds. The average molecular weight is 481 g/mol. The van der Waals surface area contributed by atoms with Crippen molar-refractivity contribution in [3.8, 4) is 0 Å². The zero-order valence-corrected chi connectivity index (χ0v) is 21.0. The molecule has 7 heteroatoms. The van der Waals surface area contributed by atoms with E-state index in [0.717, 1.165) is 43.4 Å². The van der Waals surface area contributed by atoms with Crippen molar-refractivity contribution >= 4 is 11.8 Å². The Labute approximate surface area is 209 Å². The van der Waals surface area contributed by atoms with Gasteiger partial charge < -0.3 is 19.9 Å². The number of imidazole rings is 1. The molecule has 0 spiro atoms. The van der Waals surface area contributed by atoms with E-state index in [4.69, 9.17) is 4.74 Å². The van der Waals surface area contributed by atoms with Gasteiger partial charge in [0.2, 0.25) is 11.8 Å². The van der Waals surface area contributed by atoms with Crippen molar-refractivity contribution in [2.75, 3.05) is 19.7 Å². The molecule has 0 bridgehead atoms. The molecule has 1 atom stereocenters. The van der Waals surface area contributed by atoms with Crippen LogP contribution >= 0.6 is 0 Å². The topological polar surface area (TPSA) is 87.3 Å². The molecule has 1 aromatic heterocycles. The number of nitrogens with zero attached hydrogens (tertiary/aromatic N) is 2. The number of carbonyl (C=O) groups is 2. The van der Waals surface area contributed by atoms with Crippen LogP contribution in [-0.4, -0.2) is 52.4 Å². The van der Waals surface area contributed by atoms with Crippen LogP contribution in [0.15, 0.2) is 42.9 Å². The van der Waals surface area contributed by atoms with Crippen LogP contribution in [0.3, 0.4) is 0 Å². The van der Waals surface area contributed by atoms with Gasteiger partial charge in [0.25, 0.3) is 0 Å². The lowest BCUT2D eigenvalue weighted by molar-refractivity contribution is -0.175. The number of nitrogens with one attached hydrogen (secondary N) is 2. The fourth-order valence-corrected chi connectivity index (χ4v) is 5.37. The van der Waals surface area contributed by atoms with Crippen LogP contribution in [0.5, 0.6) is 0 Å². The van der Waals surface area contributed by atoms with Crippen molar-refractivity contribution in [3.05, 3.63) is 54.1 Å². The zero-order chi connectivity index (χ0) is 24.5. The number of aromatic amines is 1. The molecule has 7 nitrogen and oxygen atoms in total. The molecule has 1 saturated carbocycles. The highest BCUT2D eigenvalue weighted by molar-refractivity contribution is 5.88. The SMILES string of the molecule is CCCCOC1(c2ccccc2)CN(C(=O)C(CC2CCCCC2)NC(=O)CCc2c[nH]cn2)C1. The summed E-state index contributed by atoms with van der Waals surface area (Å²) >= 11 is 0. The van der Waals surface area contributed by atoms with Gasteiger partial charge in [0.1, 0.15) is 11.6 Å². The molecule has 0 radical (unpaired) electrons. The van der Waals surface area contributed by atoms with Crippen molar-refractivity contribution in [3.63, 3.8) is 0 Å². The number of ether oxygens (including phenoxy) is 1. The van der Waals surface area contributed by atoms with Gasteiger partial charge in [0.15, 0.2) is 0 Å². The van der Waals surface area contributed by atoms with Gasteiger partial charge in [-0.15, -0.1) is 0 Å². The van der Waals surface area contributed by atoms with E-state index in [-0.39, 0.29) is 11.8 Å². The van der Waals surface area contributed by atoms with E-state index in [1.54, 1.807) is 12.5 Å². The highest BCUT2D eigenvalue weighted by Crippen LogP contribution is 2.37. The molecule has 2 N–H and O–H groups in total. The Morgan fingerprint density at radius 2 is 1.97 bits per heavy atom. The smallest absolute Gasteiger partial charge is 0.245 e. The Hall–Kier alpha value is -2.67. The minimum Gasteiger partial charge on any atom is -0.367 e. The number of hydrogen-bond acceptors (Lipinski definition) is 4. The van der Waals surface area contributed by atoms with Crippen LogP contribution < -0.4 is 5.32 Å². The van der Waals surface area contributed by atoms with Crippen molar-refractivity contribution in [1.82, 2.24) is 20.2 Å². The second kappa shape index (κ2) is 12.3. The van der Waals surface area contributed by atoms with E-state index >= 15 is 0 Å². The third-order valence-electron chi connectivity index (χ3n) is 7.47. The van der Waals surface area contributed by atoms with E-state index in [0.29, 0.717) is 38.5 Å². The number of aryl methyl sites for hydroxylation is 1. The summed E-state index contributed by atoms with van der Waals surface area (Å²) in [5.41, 5.74) is 1.52. The molecule has 1 aromatic carbocycles. The molecular weight excluding hydrogens is 440 g/mol. The molecule has 2 heterocycles. The molecule has 2 fully saturated rings. The molecule has 1 aliphatic carbocycles. The van der Waals surface area contributed by atoms with E-state index in [2.05, 4.69) is 34.3 Å². The van der Waals surface area contributed by atoms with Crippen molar-refractivity contribution in [2.45, 2.75) is 82.8 Å². The third kappa shape index (κ3) is 6.72. The van der Waals surface area contributed by atoms with Gasteiger partial charge in [-0.25, -0.2) is 4.98 Å². The van der Waals surface area contributed by atoms with Crippen LogP contribution in [0.25, 0.3) is 0 Å². The number of carbonyl (C=O) groups excluding carboxylic acids is 2. The Kier molecular flexibility index (Phi) is 8.96. The van der Waals surface area contributed by atoms with Crippen molar-refractivity contribution in [2.24, 2.45) is 5.92 Å². The maximum atomic E-state index is 13.7. The summed E-state index contributed by atoms with van der Waals surface area (Å²) in [5.74, 6) is 0.427. The van der Waals surface area contributed by atoms with E-state index < -0.39 is 11.6 Å². The van der Waals surface area contributed by atoms with Gasteiger partial charge in [-0.2, -0.15) is 0 Å². The first-order valence-electron chi connectivity index (χ1n) is 13.3. The van der Waals surface area contributed by atoms with Crippen LogP contribution in [0.1, 0.15) is 76.0 Å². The lowest BCUT2D eigenvalue weighted by Gasteiger charge is -2.51. The predicted molar refractivity (Wildman–Crippen MR) is 136 cm³/mol. The lowest BCUT2D eigenvalue weighted by atomic mass is 9.82. The maximum Gasteiger partial charge on any atom is 0.245 e. The standard InChI is InChI=1S/C28H40N4O3/c1-2-3-16-35-28(23-12-8-5-9-13-23)19-32(20-28)27(34)25(17-22-10-6-4-7-11-22)31-26(33)15-14-24-18-29-21-30-24/h5,8-9,12-13,18,21-22,25H,2-4,6-7,10-11,14-17,19-20H2,1H3,(H,29,30)(H,31,33). The third-order valence-corrected chi connectivity index (χ3v) is 7.47. The van der Waals surface area contributed by atoms with Crippen LogP contribution in [-0.2, 0) is 26.3 Å². The van der Waals surface area contributed by atoms with Gasteiger partial charge in [0, 0.05) is 19.2 Å². The Balaban J connectivity index is 1.41. The lowest BCUT2D eigenvalue weighted by Crippen LogP contribution is -2.65. The van der Waals surface area contributed by atoms with Gasteiger partial charge >= 0.3 is 0 Å². The van der Waals surface area contributed by atoms with E-state index in [9.17, 15) is 9.59 Å². The molecule has 1 unspecified atom stereocenters.